The van der Waals surface area contributed by atoms with Gasteiger partial charge in [0.15, 0.2) is 0 Å². The average molecular weight is 264 g/mol. The molecule has 2 heterocycles. The van der Waals surface area contributed by atoms with Gasteiger partial charge in [0.25, 0.3) is 0 Å². The summed E-state index contributed by atoms with van der Waals surface area (Å²) in [6.45, 7) is 0. The van der Waals surface area contributed by atoms with Crippen molar-refractivity contribution in [2.24, 2.45) is 0 Å². The summed E-state index contributed by atoms with van der Waals surface area (Å²) < 4.78 is 0. The van der Waals surface area contributed by atoms with E-state index < -0.39 is 0 Å². The first-order chi connectivity index (χ1) is 7.84. The molecule has 17 heavy (non-hydrogen) atoms. The van der Waals surface area contributed by atoms with Gasteiger partial charge in [-0.1, -0.05) is 24.3 Å². The van der Waals surface area contributed by atoms with E-state index >= 15 is 0 Å². The van der Waals surface area contributed by atoms with Crippen LogP contribution in [0, 0.1) is 0 Å². The predicted molar refractivity (Wildman–Crippen MR) is 74.0 cm³/mol. The van der Waals surface area contributed by atoms with Crippen molar-refractivity contribution in [1.29, 1.82) is 0 Å². The minimum absolute atomic E-state index is 0. The fraction of sp³-hybridized carbons (Fsp3) is 0. The lowest BCUT2D eigenvalue weighted by Gasteiger charge is -2.03. The van der Waals surface area contributed by atoms with E-state index in [1.165, 1.54) is 0 Å². The summed E-state index contributed by atoms with van der Waals surface area (Å²) in [5, 5.41) is 12.9. The van der Waals surface area contributed by atoms with Gasteiger partial charge >= 0.3 is 0 Å². The molecule has 3 aromatic rings. The van der Waals surface area contributed by atoms with Crippen molar-refractivity contribution in [3.63, 3.8) is 0 Å². The van der Waals surface area contributed by atoms with Gasteiger partial charge in [-0.25, -0.2) is 4.98 Å². The van der Waals surface area contributed by atoms with Crippen LogP contribution in [0.3, 0.4) is 0 Å². The largest absolute Gasteiger partial charge is 0.506 e. The molecule has 0 fully saturated rings. The molecular formula is C13H10ClNOS. The van der Waals surface area contributed by atoms with E-state index in [4.69, 9.17) is 0 Å². The lowest BCUT2D eigenvalue weighted by Crippen LogP contribution is -1.84. The highest BCUT2D eigenvalue weighted by Gasteiger charge is 2.08. The number of benzene rings is 1. The van der Waals surface area contributed by atoms with Crippen LogP contribution in [0.4, 0.5) is 0 Å². The van der Waals surface area contributed by atoms with E-state index in [9.17, 15) is 5.11 Å². The third-order valence-electron chi connectivity index (χ3n) is 2.46. The first-order valence-corrected chi connectivity index (χ1v) is 5.85. The number of hydrogen-bond donors (Lipinski definition) is 1. The molecule has 0 spiro atoms. The monoisotopic (exact) mass is 263 g/mol. The SMILES string of the molecule is Cl.Oc1cc2ccccc2nc1-c1cccs1. The second-order valence-corrected chi connectivity index (χ2v) is 4.47. The Morgan fingerprint density at radius 1 is 1.06 bits per heavy atom. The number of aromatic nitrogens is 1. The maximum atomic E-state index is 9.92. The van der Waals surface area contributed by atoms with Crippen LogP contribution in [0.25, 0.3) is 21.5 Å². The Bertz CT molecular complexity index is 637. The molecule has 2 aromatic heterocycles. The molecule has 1 N–H and O–H groups in total. The fourth-order valence-corrected chi connectivity index (χ4v) is 2.42. The van der Waals surface area contributed by atoms with Gasteiger partial charge in [-0.15, -0.1) is 23.7 Å². The van der Waals surface area contributed by atoms with Crippen LogP contribution in [-0.4, -0.2) is 10.1 Å². The van der Waals surface area contributed by atoms with Gasteiger partial charge in [-0.05, 0) is 23.6 Å². The number of hydrogen-bond acceptors (Lipinski definition) is 3. The Labute approximate surface area is 109 Å². The van der Waals surface area contributed by atoms with Gasteiger partial charge in [-0.3, -0.25) is 0 Å². The number of fused-ring (bicyclic) bond motifs is 1. The number of thiophene rings is 1. The summed E-state index contributed by atoms with van der Waals surface area (Å²) in [6, 6.07) is 13.5. The van der Waals surface area contributed by atoms with Crippen LogP contribution in [0.1, 0.15) is 0 Å². The minimum atomic E-state index is 0. The molecular weight excluding hydrogens is 254 g/mol. The van der Waals surface area contributed by atoms with E-state index in [0.29, 0.717) is 5.69 Å². The Kier molecular flexibility index (Phi) is 3.31. The standard InChI is InChI=1S/C13H9NOS.ClH/c15-11-8-9-4-1-2-5-10(9)14-13(11)12-6-3-7-16-12;/h1-8,15H;1H. The third kappa shape index (κ3) is 2.12. The molecule has 0 atom stereocenters. The van der Waals surface area contributed by atoms with Crippen LogP contribution in [0.5, 0.6) is 5.75 Å². The van der Waals surface area contributed by atoms with Crippen LogP contribution in [0.2, 0.25) is 0 Å². The maximum absolute atomic E-state index is 9.92. The van der Waals surface area contributed by atoms with Crippen molar-refractivity contribution < 1.29 is 5.11 Å². The molecule has 0 radical (unpaired) electrons. The number of rotatable bonds is 1. The smallest absolute Gasteiger partial charge is 0.143 e. The molecule has 3 rings (SSSR count). The Morgan fingerprint density at radius 3 is 2.65 bits per heavy atom. The lowest BCUT2D eigenvalue weighted by molar-refractivity contribution is 0.476. The van der Waals surface area contributed by atoms with Crippen molar-refractivity contribution in [3.05, 3.63) is 47.8 Å². The number of nitrogens with zero attached hydrogens (tertiary/aromatic N) is 1. The molecule has 0 saturated heterocycles. The van der Waals surface area contributed by atoms with Crippen LogP contribution < -0.4 is 0 Å². The summed E-state index contributed by atoms with van der Waals surface area (Å²) >= 11 is 1.58. The highest BCUT2D eigenvalue weighted by Crippen LogP contribution is 2.32. The molecule has 0 aliphatic heterocycles. The highest BCUT2D eigenvalue weighted by atomic mass is 35.5. The quantitative estimate of drug-likeness (QED) is 0.717. The zero-order chi connectivity index (χ0) is 11.0. The van der Waals surface area contributed by atoms with Gasteiger partial charge < -0.3 is 5.11 Å². The zero-order valence-electron chi connectivity index (χ0n) is 8.83. The Balaban J connectivity index is 0.00000108. The van der Waals surface area contributed by atoms with Crippen molar-refractivity contribution in [3.8, 4) is 16.3 Å². The number of aromatic hydroxyl groups is 1. The topological polar surface area (TPSA) is 33.1 Å². The number of halogens is 1. The summed E-state index contributed by atoms with van der Waals surface area (Å²) in [7, 11) is 0. The van der Waals surface area contributed by atoms with Crippen molar-refractivity contribution in [1.82, 2.24) is 4.98 Å². The first kappa shape index (κ1) is 11.9. The molecule has 0 bridgehead atoms. The Hall–Kier alpha value is -1.58. The molecule has 4 heteroatoms. The van der Waals surface area contributed by atoms with Gasteiger partial charge in [0.1, 0.15) is 11.4 Å². The summed E-state index contributed by atoms with van der Waals surface area (Å²) in [5.41, 5.74) is 1.57. The minimum Gasteiger partial charge on any atom is -0.506 e. The molecule has 0 saturated carbocycles. The molecule has 1 aromatic carbocycles. The van der Waals surface area contributed by atoms with Gasteiger partial charge in [0.05, 0.1) is 10.4 Å². The molecule has 0 amide bonds. The van der Waals surface area contributed by atoms with Crippen molar-refractivity contribution in [2.75, 3.05) is 0 Å². The van der Waals surface area contributed by atoms with Crippen LogP contribution >= 0.6 is 23.7 Å². The van der Waals surface area contributed by atoms with Crippen LogP contribution in [-0.2, 0) is 0 Å². The van der Waals surface area contributed by atoms with E-state index in [1.807, 2.05) is 41.8 Å². The number of para-hydroxylation sites is 1. The summed E-state index contributed by atoms with van der Waals surface area (Å²) in [6.07, 6.45) is 0. The van der Waals surface area contributed by atoms with Crippen LogP contribution in [0.15, 0.2) is 47.8 Å². The number of pyridine rings is 1. The molecule has 0 aliphatic carbocycles. The van der Waals surface area contributed by atoms with Crippen molar-refractivity contribution in [2.45, 2.75) is 0 Å². The lowest BCUT2D eigenvalue weighted by atomic mass is 10.2. The normalized spacial score (nSPS) is 10.1. The van der Waals surface area contributed by atoms with Gasteiger partial charge in [-0.2, -0.15) is 0 Å². The van der Waals surface area contributed by atoms with Crippen molar-refractivity contribution >= 4 is 34.6 Å². The molecule has 0 aliphatic rings. The van der Waals surface area contributed by atoms with Gasteiger partial charge in [0, 0.05) is 5.39 Å². The molecule has 86 valence electrons. The Morgan fingerprint density at radius 2 is 1.88 bits per heavy atom. The fourth-order valence-electron chi connectivity index (χ4n) is 1.70. The third-order valence-corrected chi connectivity index (χ3v) is 3.34. The predicted octanol–water partition coefficient (Wildman–Crippen LogP) is 4.09. The summed E-state index contributed by atoms with van der Waals surface area (Å²) in [4.78, 5) is 5.47. The highest BCUT2D eigenvalue weighted by molar-refractivity contribution is 7.13. The second-order valence-electron chi connectivity index (χ2n) is 3.53. The van der Waals surface area contributed by atoms with E-state index in [1.54, 1.807) is 17.4 Å². The van der Waals surface area contributed by atoms with E-state index in [-0.39, 0.29) is 18.2 Å². The second kappa shape index (κ2) is 4.73. The van der Waals surface area contributed by atoms with E-state index in [2.05, 4.69) is 4.98 Å². The average Bonchev–Trinajstić information content (AvgIpc) is 2.81. The zero-order valence-corrected chi connectivity index (χ0v) is 10.5. The first-order valence-electron chi connectivity index (χ1n) is 4.97. The van der Waals surface area contributed by atoms with E-state index in [0.717, 1.165) is 15.8 Å². The summed E-state index contributed by atoms with van der Waals surface area (Å²) in [5.74, 6) is 0.237. The molecule has 0 unspecified atom stereocenters. The van der Waals surface area contributed by atoms with Gasteiger partial charge in [0.2, 0.25) is 0 Å². The maximum Gasteiger partial charge on any atom is 0.143 e. The molecule has 2 nitrogen and oxygen atoms in total.